The third kappa shape index (κ3) is 5.17. The lowest BCUT2D eigenvalue weighted by Crippen LogP contribution is -2.39. The van der Waals surface area contributed by atoms with E-state index in [1.165, 1.54) is 5.56 Å². The minimum absolute atomic E-state index is 0.0588. The largest absolute Gasteiger partial charge is 0.480 e. The highest BCUT2D eigenvalue weighted by atomic mass is 16.4. The predicted molar refractivity (Wildman–Crippen MR) is 105 cm³/mol. The monoisotopic (exact) mass is 381 g/mol. The van der Waals surface area contributed by atoms with Crippen molar-refractivity contribution in [1.82, 2.24) is 10.2 Å². The summed E-state index contributed by atoms with van der Waals surface area (Å²) in [5.74, 6) is -1.63. The molecule has 0 spiro atoms. The molecule has 0 aromatic heterocycles. The third-order valence-corrected chi connectivity index (χ3v) is 4.71. The molecule has 2 amide bonds. The zero-order chi connectivity index (χ0) is 19.9. The first-order valence-corrected chi connectivity index (χ1v) is 9.22. The van der Waals surface area contributed by atoms with Crippen LogP contribution in [0.15, 0.2) is 54.6 Å². The van der Waals surface area contributed by atoms with E-state index in [2.05, 4.69) is 27.7 Å². The van der Waals surface area contributed by atoms with Crippen LogP contribution in [-0.2, 0) is 16.1 Å². The molecule has 7 heteroatoms. The summed E-state index contributed by atoms with van der Waals surface area (Å²) in [6.07, 6.45) is 1.79. The van der Waals surface area contributed by atoms with Gasteiger partial charge in [0.05, 0.1) is 6.04 Å². The maximum atomic E-state index is 12.7. The molecule has 2 aromatic carbocycles. The Hall–Kier alpha value is -3.19. The molecule has 146 valence electrons. The van der Waals surface area contributed by atoms with Gasteiger partial charge in [-0.15, -0.1) is 0 Å². The summed E-state index contributed by atoms with van der Waals surface area (Å²) in [5.41, 5.74) is 2.12. The lowest BCUT2D eigenvalue weighted by atomic mass is 10.1. The van der Waals surface area contributed by atoms with Crippen molar-refractivity contribution in [3.8, 4) is 0 Å². The molecule has 0 aliphatic carbocycles. The number of carbonyl (C=O) groups excluding carboxylic acids is 2. The van der Waals surface area contributed by atoms with Gasteiger partial charge in [-0.2, -0.15) is 0 Å². The van der Waals surface area contributed by atoms with Gasteiger partial charge >= 0.3 is 5.97 Å². The Morgan fingerprint density at radius 3 is 2.43 bits per heavy atom. The van der Waals surface area contributed by atoms with Crippen LogP contribution in [0.1, 0.15) is 28.8 Å². The fourth-order valence-corrected chi connectivity index (χ4v) is 3.32. The van der Waals surface area contributed by atoms with Crippen molar-refractivity contribution in [2.75, 3.05) is 18.4 Å². The van der Waals surface area contributed by atoms with Crippen LogP contribution in [0.25, 0.3) is 0 Å². The van der Waals surface area contributed by atoms with Gasteiger partial charge in [-0.25, -0.2) is 0 Å². The van der Waals surface area contributed by atoms with E-state index in [1.807, 2.05) is 18.2 Å². The molecule has 1 saturated heterocycles. The van der Waals surface area contributed by atoms with Crippen LogP contribution in [0, 0.1) is 0 Å². The predicted octanol–water partition coefficient (Wildman–Crippen LogP) is 2.10. The molecule has 3 N–H and O–H groups in total. The zero-order valence-electron chi connectivity index (χ0n) is 15.4. The molecule has 1 heterocycles. The molecule has 2 aromatic rings. The summed E-state index contributed by atoms with van der Waals surface area (Å²) in [6.45, 7) is 1.19. The van der Waals surface area contributed by atoms with E-state index in [0.717, 1.165) is 25.9 Å². The maximum Gasteiger partial charge on any atom is 0.322 e. The normalized spacial score (nSPS) is 16.5. The van der Waals surface area contributed by atoms with Crippen LogP contribution in [0.4, 0.5) is 5.69 Å². The second-order valence-corrected chi connectivity index (χ2v) is 6.76. The number of nitrogens with one attached hydrogen (secondary N) is 2. The molecular formula is C21H23N3O4. The van der Waals surface area contributed by atoms with Crippen LogP contribution in [0.2, 0.25) is 0 Å². The molecule has 1 aliphatic rings. The minimum Gasteiger partial charge on any atom is -0.480 e. The Labute approximate surface area is 163 Å². The van der Waals surface area contributed by atoms with Gasteiger partial charge in [0.1, 0.15) is 6.54 Å². The highest BCUT2D eigenvalue weighted by molar-refractivity contribution is 5.98. The number of carboxylic acid groups (broad SMARTS) is 1. The number of amides is 2. The van der Waals surface area contributed by atoms with Crippen molar-refractivity contribution in [1.29, 1.82) is 0 Å². The number of benzene rings is 2. The van der Waals surface area contributed by atoms with Gasteiger partial charge in [-0.1, -0.05) is 30.3 Å². The fourth-order valence-electron chi connectivity index (χ4n) is 3.32. The summed E-state index contributed by atoms with van der Waals surface area (Å²) < 4.78 is 0. The number of carbonyl (C=O) groups is 3. The van der Waals surface area contributed by atoms with E-state index in [0.29, 0.717) is 11.3 Å². The molecule has 1 unspecified atom stereocenters. The van der Waals surface area contributed by atoms with Gasteiger partial charge in [-0.3, -0.25) is 19.3 Å². The Kier molecular flexibility index (Phi) is 6.39. The summed E-state index contributed by atoms with van der Waals surface area (Å²) in [4.78, 5) is 37.2. The van der Waals surface area contributed by atoms with E-state index in [9.17, 15) is 14.4 Å². The molecular weight excluding hydrogens is 358 g/mol. The van der Waals surface area contributed by atoms with Crippen LogP contribution < -0.4 is 10.6 Å². The molecule has 0 bridgehead atoms. The summed E-state index contributed by atoms with van der Waals surface area (Å²) in [6, 6.07) is 16.3. The molecule has 7 nitrogen and oxygen atoms in total. The minimum atomic E-state index is -1.10. The molecule has 28 heavy (non-hydrogen) atoms. The van der Waals surface area contributed by atoms with Gasteiger partial charge in [0.15, 0.2) is 0 Å². The maximum absolute atomic E-state index is 12.7. The first kappa shape index (κ1) is 19.6. The second kappa shape index (κ2) is 9.14. The van der Waals surface area contributed by atoms with E-state index < -0.39 is 18.4 Å². The van der Waals surface area contributed by atoms with Gasteiger partial charge in [0.25, 0.3) is 5.91 Å². The zero-order valence-corrected chi connectivity index (χ0v) is 15.4. The number of likely N-dealkylation sites (tertiary alicyclic amines) is 1. The first-order valence-electron chi connectivity index (χ1n) is 9.22. The topological polar surface area (TPSA) is 98.7 Å². The number of hydrogen-bond donors (Lipinski definition) is 3. The Morgan fingerprint density at radius 1 is 1.04 bits per heavy atom. The summed E-state index contributed by atoms with van der Waals surface area (Å²) >= 11 is 0. The van der Waals surface area contributed by atoms with Crippen molar-refractivity contribution in [3.63, 3.8) is 0 Å². The Balaban J connectivity index is 1.57. The van der Waals surface area contributed by atoms with Crippen LogP contribution in [0.3, 0.4) is 0 Å². The number of nitrogens with zero attached hydrogens (tertiary/aromatic N) is 1. The Morgan fingerprint density at radius 2 is 1.75 bits per heavy atom. The molecule has 0 radical (unpaired) electrons. The average Bonchev–Trinajstić information content (AvgIpc) is 3.15. The fraction of sp³-hybridized carbons (Fsp3) is 0.286. The van der Waals surface area contributed by atoms with Crippen LogP contribution in [-0.4, -0.2) is 46.9 Å². The van der Waals surface area contributed by atoms with E-state index in [-0.39, 0.29) is 11.9 Å². The number of anilines is 1. The van der Waals surface area contributed by atoms with Gasteiger partial charge in [-0.05, 0) is 49.2 Å². The molecule has 0 saturated carbocycles. The van der Waals surface area contributed by atoms with Crippen LogP contribution in [0.5, 0.6) is 0 Å². The van der Waals surface area contributed by atoms with Crippen molar-refractivity contribution >= 4 is 23.5 Å². The van der Waals surface area contributed by atoms with E-state index in [4.69, 9.17) is 5.11 Å². The number of carboxylic acids is 1. The quantitative estimate of drug-likeness (QED) is 0.682. The summed E-state index contributed by atoms with van der Waals surface area (Å²) in [7, 11) is 0. The number of hydrogen-bond acceptors (Lipinski definition) is 4. The average molecular weight is 381 g/mol. The standard InChI is InChI=1S/C21H23N3O4/c25-19(26)13-22-20(27)16-8-10-17(11-9-16)23-21(28)18-7-4-12-24(18)14-15-5-2-1-3-6-15/h1-3,5-6,8-11,18H,4,7,12-14H2,(H,22,27)(H,23,28)(H,25,26). The highest BCUT2D eigenvalue weighted by Crippen LogP contribution is 2.22. The van der Waals surface area contributed by atoms with Crippen molar-refractivity contribution in [2.24, 2.45) is 0 Å². The molecule has 1 fully saturated rings. The molecule has 1 atom stereocenters. The van der Waals surface area contributed by atoms with E-state index in [1.54, 1.807) is 24.3 Å². The highest BCUT2D eigenvalue weighted by Gasteiger charge is 2.30. The van der Waals surface area contributed by atoms with Crippen molar-refractivity contribution in [3.05, 3.63) is 65.7 Å². The molecule has 3 rings (SSSR count). The Bertz CT molecular complexity index is 836. The van der Waals surface area contributed by atoms with Gasteiger partial charge in [0, 0.05) is 17.8 Å². The third-order valence-electron chi connectivity index (χ3n) is 4.71. The molecule has 1 aliphatic heterocycles. The lowest BCUT2D eigenvalue weighted by molar-refractivity contribution is -0.135. The van der Waals surface area contributed by atoms with Crippen LogP contribution >= 0.6 is 0 Å². The SMILES string of the molecule is O=C(O)CNC(=O)c1ccc(NC(=O)C2CCCN2Cc2ccccc2)cc1. The van der Waals surface area contributed by atoms with Crippen molar-refractivity contribution in [2.45, 2.75) is 25.4 Å². The van der Waals surface area contributed by atoms with Gasteiger partial charge < -0.3 is 15.7 Å². The lowest BCUT2D eigenvalue weighted by Gasteiger charge is -2.23. The van der Waals surface area contributed by atoms with Gasteiger partial charge in [0.2, 0.25) is 5.91 Å². The van der Waals surface area contributed by atoms with E-state index >= 15 is 0 Å². The number of rotatable bonds is 7. The smallest absolute Gasteiger partial charge is 0.322 e. The van der Waals surface area contributed by atoms with Crippen molar-refractivity contribution < 1.29 is 19.5 Å². The first-order chi connectivity index (χ1) is 13.5. The second-order valence-electron chi connectivity index (χ2n) is 6.76. The number of aliphatic carboxylic acids is 1. The summed E-state index contributed by atoms with van der Waals surface area (Å²) in [5, 5.41) is 13.8.